The van der Waals surface area contributed by atoms with Gasteiger partial charge in [-0.25, -0.2) is 0 Å². The van der Waals surface area contributed by atoms with E-state index in [2.05, 4.69) is 10.2 Å². The number of likely N-dealkylation sites (tertiary alicyclic amines) is 1. The van der Waals surface area contributed by atoms with Gasteiger partial charge in [0.05, 0.1) is 12.0 Å². The zero-order valence-electron chi connectivity index (χ0n) is 16.2. The Morgan fingerprint density at radius 3 is 2.79 bits per heavy atom. The fourth-order valence-corrected chi connectivity index (χ4v) is 4.40. The third kappa shape index (κ3) is 3.80. The molecule has 0 N–H and O–H groups in total. The van der Waals surface area contributed by atoms with E-state index in [1.807, 2.05) is 29.2 Å². The SMILES string of the molecule is COC[C@@H]1CCN(C(=O)CCc2nnc(C3(c4ccc(Cl)cc4)CCC3)o2)C1. The molecule has 1 atom stereocenters. The van der Waals surface area contributed by atoms with E-state index < -0.39 is 0 Å². The molecule has 2 fully saturated rings. The number of aryl methyl sites for hydroxylation is 1. The Bertz CT molecular complexity index is 817. The Balaban J connectivity index is 1.38. The number of aromatic nitrogens is 2. The number of rotatable bonds is 7. The van der Waals surface area contributed by atoms with Gasteiger partial charge in [0.2, 0.25) is 17.7 Å². The molecule has 1 saturated heterocycles. The lowest BCUT2D eigenvalue weighted by atomic mass is 9.64. The summed E-state index contributed by atoms with van der Waals surface area (Å²) in [5.41, 5.74) is 0.956. The third-order valence-corrected chi connectivity index (χ3v) is 6.33. The van der Waals surface area contributed by atoms with E-state index in [4.69, 9.17) is 20.8 Å². The largest absolute Gasteiger partial charge is 0.424 e. The first-order valence-corrected chi connectivity index (χ1v) is 10.3. The molecule has 0 bridgehead atoms. The fraction of sp³-hybridized carbons (Fsp3) is 0.571. The summed E-state index contributed by atoms with van der Waals surface area (Å²) < 4.78 is 11.2. The highest BCUT2D eigenvalue weighted by Crippen LogP contribution is 2.48. The molecule has 7 heteroatoms. The molecule has 2 aromatic rings. The second-order valence-corrected chi connectivity index (χ2v) is 8.33. The maximum Gasteiger partial charge on any atom is 0.227 e. The maximum atomic E-state index is 12.5. The van der Waals surface area contributed by atoms with Gasteiger partial charge in [-0.3, -0.25) is 4.79 Å². The van der Waals surface area contributed by atoms with Crippen molar-refractivity contribution in [1.29, 1.82) is 0 Å². The van der Waals surface area contributed by atoms with Crippen LogP contribution in [0.5, 0.6) is 0 Å². The van der Waals surface area contributed by atoms with Gasteiger partial charge in [-0.1, -0.05) is 30.2 Å². The van der Waals surface area contributed by atoms with Gasteiger partial charge in [0.1, 0.15) is 0 Å². The second-order valence-electron chi connectivity index (χ2n) is 7.89. The predicted octanol–water partition coefficient (Wildman–Crippen LogP) is 3.62. The van der Waals surface area contributed by atoms with Crippen molar-refractivity contribution in [2.75, 3.05) is 26.8 Å². The molecule has 4 rings (SSSR count). The summed E-state index contributed by atoms with van der Waals surface area (Å²) in [6.07, 6.45) is 5.00. The number of hydrogen-bond acceptors (Lipinski definition) is 5. The molecule has 2 heterocycles. The Kier molecular flexibility index (Phi) is 5.69. The van der Waals surface area contributed by atoms with Gasteiger partial charge in [0, 0.05) is 44.0 Å². The molecule has 28 heavy (non-hydrogen) atoms. The number of carbonyl (C=O) groups is 1. The molecular weight excluding hydrogens is 378 g/mol. The second kappa shape index (κ2) is 8.21. The summed E-state index contributed by atoms with van der Waals surface area (Å²) in [6.45, 7) is 2.30. The van der Waals surface area contributed by atoms with Gasteiger partial charge in [-0.15, -0.1) is 10.2 Å². The van der Waals surface area contributed by atoms with E-state index in [1.165, 1.54) is 0 Å². The van der Waals surface area contributed by atoms with Crippen LogP contribution in [0.1, 0.15) is 49.4 Å². The predicted molar refractivity (Wildman–Crippen MR) is 105 cm³/mol. The summed E-state index contributed by atoms with van der Waals surface area (Å²) in [5.74, 6) is 1.79. The van der Waals surface area contributed by atoms with Gasteiger partial charge >= 0.3 is 0 Å². The van der Waals surface area contributed by atoms with E-state index in [1.54, 1.807) is 7.11 Å². The first-order chi connectivity index (χ1) is 13.6. The van der Waals surface area contributed by atoms with Crippen molar-refractivity contribution in [3.63, 3.8) is 0 Å². The lowest BCUT2D eigenvalue weighted by molar-refractivity contribution is -0.130. The van der Waals surface area contributed by atoms with Crippen LogP contribution in [0, 0.1) is 5.92 Å². The topological polar surface area (TPSA) is 68.5 Å². The van der Waals surface area contributed by atoms with Gasteiger partial charge < -0.3 is 14.1 Å². The lowest BCUT2D eigenvalue weighted by Crippen LogP contribution is -2.35. The Labute approximate surface area is 170 Å². The van der Waals surface area contributed by atoms with Crippen molar-refractivity contribution in [3.8, 4) is 0 Å². The van der Waals surface area contributed by atoms with E-state index in [0.717, 1.165) is 49.4 Å². The van der Waals surface area contributed by atoms with Gasteiger partial charge in [0.15, 0.2) is 0 Å². The van der Waals surface area contributed by atoms with Crippen LogP contribution in [0.3, 0.4) is 0 Å². The van der Waals surface area contributed by atoms with Crippen LogP contribution >= 0.6 is 11.6 Å². The summed E-state index contributed by atoms with van der Waals surface area (Å²) >= 11 is 6.03. The zero-order chi connectivity index (χ0) is 19.6. The number of ether oxygens (including phenoxy) is 1. The van der Waals surface area contributed by atoms with Crippen molar-refractivity contribution < 1.29 is 13.9 Å². The van der Waals surface area contributed by atoms with Crippen molar-refractivity contribution >= 4 is 17.5 Å². The van der Waals surface area contributed by atoms with Gasteiger partial charge in [-0.2, -0.15) is 0 Å². The van der Waals surface area contributed by atoms with Crippen LogP contribution in [0.2, 0.25) is 5.02 Å². The van der Waals surface area contributed by atoms with E-state index in [9.17, 15) is 4.79 Å². The zero-order valence-corrected chi connectivity index (χ0v) is 17.0. The molecule has 1 amide bonds. The number of carbonyl (C=O) groups excluding carboxylic acids is 1. The van der Waals surface area contributed by atoms with Crippen LogP contribution in [-0.2, 0) is 21.4 Å². The number of nitrogens with zero attached hydrogens (tertiary/aromatic N) is 3. The van der Waals surface area contributed by atoms with Crippen molar-refractivity contribution in [2.24, 2.45) is 5.92 Å². The van der Waals surface area contributed by atoms with Gasteiger partial charge in [0.25, 0.3) is 0 Å². The molecule has 1 aliphatic heterocycles. The normalized spacial score (nSPS) is 20.9. The highest BCUT2D eigenvalue weighted by Gasteiger charge is 2.45. The monoisotopic (exact) mass is 403 g/mol. The van der Waals surface area contributed by atoms with E-state index in [-0.39, 0.29) is 11.3 Å². The molecule has 6 nitrogen and oxygen atoms in total. The quantitative estimate of drug-likeness (QED) is 0.706. The molecule has 1 saturated carbocycles. The lowest BCUT2D eigenvalue weighted by Gasteiger charge is -2.39. The van der Waals surface area contributed by atoms with Crippen LogP contribution in [-0.4, -0.2) is 47.8 Å². The van der Waals surface area contributed by atoms with Gasteiger partial charge in [-0.05, 0) is 37.0 Å². The summed E-state index contributed by atoms with van der Waals surface area (Å²) in [6, 6.07) is 7.89. The molecule has 1 aliphatic carbocycles. The maximum absolute atomic E-state index is 12.5. The molecule has 0 radical (unpaired) electrons. The summed E-state index contributed by atoms with van der Waals surface area (Å²) in [5, 5.41) is 9.27. The molecule has 1 aromatic carbocycles. The Hall–Kier alpha value is -1.92. The summed E-state index contributed by atoms with van der Waals surface area (Å²) in [7, 11) is 1.70. The highest BCUT2D eigenvalue weighted by atomic mass is 35.5. The number of hydrogen-bond donors (Lipinski definition) is 0. The third-order valence-electron chi connectivity index (χ3n) is 6.07. The number of halogens is 1. The van der Waals surface area contributed by atoms with E-state index >= 15 is 0 Å². The fourth-order valence-electron chi connectivity index (χ4n) is 4.28. The summed E-state index contributed by atoms with van der Waals surface area (Å²) in [4.78, 5) is 14.4. The number of benzene rings is 1. The minimum Gasteiger partial charge on any atom is -0.424 e. The van der Waals surface area contributed by atoms with Crippen molar-refractivity contribution in [1.82, 2.24) is 15.1 Å². The molecule has 1 aromatic heterocycles. The molecular formula is C21H26ClN3O3. The number of amides is 1. The highest BCUT2D eigenvalue weighted by molar-refractivity contribution is 6.30. The Morgan fingerprint density at radius 2 is 2.11 bits per heavy atom. The van der Waals surface area contributed by atoms with Crippen LogP contribution in [0.25, 0.3) is 0 Å². The molecule has 150 valence electrons. The van der Waals surface area contributed by atoms with Crippen molar-refractivity contribution in [2.45, 2.75) is 43.9 Å². The smallest absolute Gasteiger partial charge is 0.227 e. The van der Waals surface area contributed by atoms with Crippen LogP contribution in [0.15, 0.2) is 28.7 Å². The molecule has 0 spiro atoms. The number of methoxy groups -OCH3 is 1. The van der Waals surface area contributed by atoms with Crippen LogP contribution in [0.4, 0.5) is 0 Å². The van der Waals surface area contributed by atoms with E-state index in [0.29, 0.717) is 37.1 Å². The molecule has 0 unspecified atom stereocenters. The minimum absolute atomic E-state index is 0.148. The van der Waals surface area contributed by atoms with Crippen LogP contribution < -0.4 is 0 Å². The average molecular weight is 404 g/mol. The first kappa shape index (κ1) is 19.4. The minimum atomic E-state index is -0.206. The molecule has 2 aliphatic rings. The standard InChI is InChI=1S/C21H26ClN3O3/c1-27-14-15-9-12-25(13-15)19(26)8-7-18-23-24-20(28-18)21(10-2-11-21)16-3-5-17(22)6-4-16/h3-6,15H,2,7-14H2,1H3/t15-/m1/s1. The average Bonchev–Trinajstić information content (AvgIpc) is 3.31. The Morgan fingerprint density at radius 1 is 1.32 bits per heavy atom. The van der Waals surface area contributed by atoms with Crippen molar-refractivity contribution in [3.05, 3.63) is 46.6 Å². The first-order valence-electron chi connectivity index (χ1n) is 9.96.